The molecule has 3 nitrogen and oxygen atoms in total. The third-order valence-corrected chi connectivity index (χ3v) is 8.92. The number of nitrogens with zero attached hydrogens (tertiary/aromatic N) is 3. The van der Waals surface area contributed by atoms with Crippen LogP contribution in [0.25, 0.3) is 0 Å². The van der Waals surface area contributed by atoms with Crippen LogP contribution in [0.5, 0.6) is 0 Å². The molecule has 0 bridgehead atoms. The Morgan fingerprint density at radius 3 is 1.28 bits per heavy atom. The van der Waals surface area contributed by atoms with Gasteiger partial charge in [-0.1, -0.05) is 41.0 Å². The Hall–Kier alpha value is -1.82. The van der Waals surface area contributed by atoms with Crippen LogP contribution in [0.1, 0.15) is 127 Å². The number of aromatic nitrogens is 3. The molecule has 0 atom stereocenters. The molecule has 39 heavy (non-hydrogen) atoms. The van der Waals surface area contributed by atoms with Crippen LogP contribution in [-0.2, 0) is 6.42 Å². The monoisotopic (exact) mass is 648 g/mol. The van der Waals surface area contributed by atoms with Gasteiger partial charge in [-0.25, -0.2) is 4.98 Å². The predicted molar refractivity (Wildman–Crippen MR) is 184 cm³/mol. The molecule has 0 unspecified atom stereocenters. The molecule has 3 aromatic heterocycles. The van der Waals surface area contributed by atoms with Crippen molar-refractivity contribution in [3.63, 3.8) is 0 Å². The highest BCUT2D eigenvalue weighted by atomic mass is 127. The van der Waals surface area contributed by atoms with Crippen molar-refractivity contribution in [2.45, 2.75) is 136 Å². The van der Waals surface area contributed by atoms with E-state index < -0.39 is 0 Å². The zero-order chi connectivity index (χ0) is 30.8. The molecule has 0 aliphatic rings. The normalized spacial score (nSPS) is 10.2. The summed E-state index contributed by atoms with van der Waals surface area (Å²) in [5.74, 6) is 0.526. The lowest BCUT2D eigenvalue weighted by molar-refractivity contribution is 0.796. The summed E-state index contributed by atoms with van der Waals surface area (Å²) in [5.41, 5.74) is 18.2. The number of hydrogen-bond acceptors (Lipinski definition) is 3. The predicted octanol–water partition coefficient (Wildman–Crippen LogP) is 10.9. The van der Waals surface area contributed by atoms with Gasteiger partial charge in [-0.15, -0.1) is 0 Å². The van der Waals surface area contributed by atoms with Gasteiger partial charge >= 0.3 is 0 Å². The van der Waals surface area contributed by atoms with Crippen molar-refractivity contribution in [2.24, 2.45) is 0 Å². The fraction of sp³-hybridized carbons (Fsp3) is 0.571. The number of hydrogen-bond donors (Lipinski definition) is 0. The zero-order valence-electron chi connectivity index (χ0n) is 28.2. The highest BCUT2D eigenvalue weighted by Crippen LogP contribution is 2.23. The molecule has 0 spiro atoms. The molecule has 0 amide bonds. The minimum Gasteiger partial charge on any atom is -0.258 e. The van der Waals surface area contributed by atoms with Gasteiger partial charge in [0.05, 0.1) is 0 Å². The summed E-state index contributed by atoms with van der Waals surface area (Å²) in [6.45, 7) is 36.4. The molecule has 0 N–H and O–H groups in total. The van der Waals surface area contributed by atoms with E-state index in [-0.39, 0.29) is 1.43 Å². The van der Waals surface area contributed by atoms with Crippen LogP contribution in [0.4, 0.5) is 0 Å². The number of halogens is 1. The van der Waals surface area contributed by atoms with Gasteiger partial charge in [0.2, 0.25) is 0 Å². The first-order chi connectivity index (χ1) is 18.0. The van der Waals surface area contributed by atoms with E-state index in [4.69, 9.17) is 0 Å². The van der Waals surface area contributed by atoms with Crippen LogP contribution >= 0.6 is 22.6 Å². The van der Waals surface area contributed by atoms with Gasteiger partial charge in [-0.2, -0.15) is 0 Å². The standard InChI is InChI=1S/C12H19N.C11H17N.C9H12IN.C3H8.H2/c1-7(2)12-10(5)8(3)9(4)11(6)13-12;1-6-11-9(4)7(2)8(3)10(5)12-11;1-5-6(2)8(4)11-9(10)7(5)3;1-3-2;/h7H,1-6H3;6H2,1-5H3;1-4H3;3H2,1-2H3;1H/i;;;;1+1. The van der Waals surface area contributed by atoms with Crippen molar-refractivity contribution in [2.75, 3.05) is 0 Å². The Balaban J connectivity index is 0. The Morgan fingerprint density at radius 1 is 0.513 bits per heavy atom. The summed E-state index contributed by atoms with van der Waals surface area (Å²) < 4.78 is 1.13. The molecule has 0 aromatic carbocycles. The molecule has 3 heterocycles. The van der Waals surface area contributed by atoms with Crippen LogP contribution < -0.4 is 0 Å². The minimum atomic E-state index is 0. The van der Waals surface area contributed by atoms with Crippen molar-refractivity contribution in [1.82, 2.24) is 15.0 Å². The quantitative estimate of drug-likeness (QED) is 0.205. The fourth-order valence-electron chi connectivity index (χ4n) is 4.16. The van der Waals surface area contributed by atoms with Gasteiger partial charge < -0.3 is 0 Å². The van der Waals surface area contributed by atoms with Crippen molar-refractivity contribution >= 4 is 22.6 Å². The largest absolute Gasteiger partial charge is 0.258 e. The highest BCUT2D eigenvalue weighted by Gasteiger charge is 2.11. The van der Waals surface area contributed by atoms with E-state index in [2.05, 4.69) is 155 Å². The van der Waals surface area contributed by atoms with Crippen LogP contribution in [0.3, 0.4) is 0 Å². The molecule has 0 fully saturated rings. The number of aryl methyl sites for hydroxylation is 4. The molecule has 0 aliphatic carbocycles. The van der Waals surface area contributed by atoms with Crippen molar-refractivity contribution in [3.8, 4) is 0 Å². The summed E-state index contributed by atoms with van der Waals surface area (Å²) in [4.78, 5) is 13.6. The minimum absolute atomic E-state index is 0. The molecule has 4 heteroatoms. The van der Waals surface area contributed by atoms with E-state index in [1.807, 2.05) is 0 Å². The van der Waals surface area contributed by atoms with Crippen LogP contribution in [0.15, 0.2) is 0 Å². The average molecular weight is 649 g/mol. The maximum absolute atomic E-state index is 4.63. The van der Waals surface area contributed by atoms with Gasteiger partial charge in [0.15, 0.2) is 0 Å². The molecule has 0 radical (unpaired) electrons. The van der Waals surface area contributed by atoms with E-state index in [0.717, 1.165) is 15.8 Å². The van der Waals surface area contributed by atoms with Gasteiger partial charge in [0.25, 0.3) is 0 Å². The second-order valence-electron chi connectivity index (χ2n) is 11.1. The van der Waals surface area contributed by atoms with E-state index in [1.165, 1.54) is 79.3 Å². The smallest absolute Gasteiger partial charge is 0.104 e. The molecule has 0 saturated heterocycles. The second-order valence-corrected chi connectivity index (χ2v) is 12.1. The van der Waals surface area contributed by atoms with E-state index in [0.29, 0.717) is 5.92 Å². The molecule has 0 saturated carbocycles. The van der Waals surface area contributed by atoms with Crippen LogP contribution in [0.2, 0.25) is 0 Å². The summed E-state index contributed by atoms with van der Waals surface area (Å²) in [6.07, 6.45) is 2.29. The number of pyridine rings is 3. The van der Waals surface area contributed by atoms with E-state index in [9.17, 15) is 0 Å². The summed E-state index contributed by atoms with van der Waals surface area (Å²) in [5, 5.41) is 0. The van der Waals surface area contributed by atoms with Crippen molar-refractivity contribution < 1.29 is 1.43 Å². The highest BCUT2D eigenvalue weighted by molar-refractivity contribution is 14.1. The molecular formula is C35H58IN3. The Bertz CT molecular complexity index is 1220. The molecule has 0 aliphatic heterocycles. The lowest BCUT2D eigenvalue weighted by Crippen LogP contribution is -2.03. The van der Waals surface area contributed by atoms with Crippen LogP contribution in [0, 0.1) is 86.8 Å². The Morgan fingerprint density at radius 2 is 0.872 bits per heavy atom. The lowest BCUT2D eigenvalue weighted by atomic mass is 9.97. The maximum Gasteiger partial charge on any atom is 0.104 e. The first kappa shape index (κ1) is 37.2. The van der Waals surface area contributed by atoms with E-state index in [1.54, 1.807) is 0 Å². The lowest BCUT2D eigenvalue weighted by Gasteiger charge is -2.15. The maximum atomic E-state index is 4.63. The van der Waals surface area contributed by atoms with Gasteiger partial charge in [-0.3, -0.25) is 9.97 Å². The summed E-state index contributed by atoms with van der Waals surface area (Å²) in [7, 11) is 0. The fourth-order valence-corrected chi connectivity index (χ4v) is 4.93. The molecule has 3 rings (SSSR count). The van der Waals surface area contributed by atoms with Crippen LogP contribution in [-0.4, -0.2) is 15.0 Å². The molecule has 220 valence electrons. The summed E-state index contributed by atoms with van der Waals surface area (Å²) in [6, 6.07) is 0. The van der Waals surface area contributed by atoms with Gasteiger partial charge in [0.1, 0.15) is 3.70 Å². The summed E-state index contributed by atoms with van der Waals surface area (Å²) >= 11 is 2.28. The zero-order valence-corrected chi connectivity index (χ0v) is 30.4. The molecular weight excluding hydrogens is 589 g/mol. The van der Waals surface area contributed by atoms with Crippen molar-refractivity contribution in [3.05, 3.63) is 82.2 Å². The van der Waals surface area contributed by atoms with Gasteiger partial charge in [-0.05, 0) is 168 Å². The average Bonchev–Trinajstić information content (AvgIpc) is 2.89. The van der Waals surface area contributed by atoms with E-state index >= 15 is 0 Å². The third kappa shape index (κ3) is 10.3. The number of rotatable bonds is 2. The van der Waals surface area contributed by atoms with Gasteiger partial charge in [0, 0.05) is 29.9 Å². The van der Waals surface area contributed by atoms with Crippen molar-refractivity contribution in [1.29, 1.82) is 0 Å². The second kappa shape index (κ2) is 17.1. The third-order valence-electron chi connectivity index (χ3n) is 7.87. The SMILES string of the molecule is CCC.CCc1nc(C)c(C)c(C)c1C.Cc1nc(C(C)C)c(C)c(C)c1C.Cc1nc(I)c(C)c(C)c1C.[2HH]. The molecule has 3 aromatic rings. The first-order valence-electron chi connectivity index (χ1n) is 14.4. The Kier molecular flexibility index (Phi) is 16.3. The Labute approximate surface area is 256 Å². The first-order valence-corrected chi connectivity index (χ1v) is 15.5. The topological polar surface area (TPSA) is 38.7 Å².